The predicted octanol–water partition coefficient (Wildman–Crippen LogP) is 4.82. The van der Waals surface area contributed by atoms with E-state index >= 15 is 0 Å². The first-order valence-electron chi connectivity index (χ1n) is 16.5. The molecule has 0 bridgehead atoms. The zero-order valence-electron chi connectivity index (χ0n) is 28.5. The van der Waals surface area contributed by atoms with Gasteiger partial charge in [-0.1, -0.05) is 83.4 Å². The van der Waals surface area contributed by atoms with E-state index in [-0.39, 0.29) is 24.3 Å². The molecule has 1 saturated carbocycles. The lowest BCUT2D eigenvalue weighted by Crippen LogP contribution is -2.50. The zero-order valence-corrected chi connectivity index (χ0v) is 28.5. The quantitative estimate of drug-likeness (QED) is 0.288. The van der Waals surface area contributed by atoms with Crippen LogP contribution in [-0.2, 0) is 16.0 Å². The molecule has 2 amide bonds. The van der Waals surface area contributed by atoms with Gasteiger partial charge in [0.25, 0.3) is 0 Å². The first-order chi connectivity index (χ1) is 21.7. The molecule has 0 saturated heterocycles. The van der Waals surface area contributed by atoms with Crippen molar-refractivity contribution in [1.29, 1.82) is 0 Å². The Morgan fingerprint density at radius 1 is 1.00 bits per heavy atom. The Labute approximate surface area is 271 Å². The number of fused-ring (bicyclic) bond motifs is 1. The molecule has 252 valence electrons. The number of para-hydroxylation sites is 1. The molecule has 0 aromatic heterocycles. The van der Waals surface area contributed by atoms with Crippen molar-refractivity contribution in [2.24, 2.45) is 17.6 Å². The van der Waals surface area contributed by atoms with Crippen molar-refractivity contribution in [3.63, 3.8) is 0 Å². The number of nitrogens with one attached hydrogen (secondary N) is 4. The smallest absolute Gasteiger partial charge is 0.242 e. The van der Waals surface area contributed by atoms with E-state index in [9.17, 15) is 9.59 Å². The molecule has 9 heteroatoms. The number of phenols is 1. The highest BCUT2D eigenvalue weighted by Gasteiger charge is 2.30. The van der Waals surface area contributed by atoms with Gasteiger partial charge >= 0.3 is 0 Å². The lowest BCUT2D eigenvalue weighted by atomic mass is 10.00. The molecule has 9 nitrogen and oxygen atoms in total. The molecular weight excluding hydrogens is 566 g/mol. The van der Waals surface area contributed by atoms with Crippen LogP contribution in [0.15, 0.2) is 60.3 Å². The van der Waals surface area contributed by atoms with Crippen molar-refractivity contribution in [3.05, 3.63) is 71.4 Å². The number of amides is 2. The number of rotatable bonds is 3. The molecule has 0 spiro atoms. The normalized spacial score (nSPS) is 20.2. The SMILES string of the molecule is CC/C=C1\CNCCOc2ccccc2CC(C)CNC(=O)C(CC2CC2)NC(=O)CN1.CCC.CN.Cc1cccc(O)c1. The third-order valence-electron chi connectivity index (χ3n) is 6.86. The first-order valence-corrected chi connectivity index (χ1v) is 16.5. The summed E-state index contributed by atoms with van der Waals surface area (Å²) in [6.45, 7) is 13.0. The fraction of sp³-hybridized carbons (Fsp3) is 0.556. The molecule has 7 N–H and O–H groups in total. The maximum Gasteiger partial charge on any atom is 0.242 e. The van der Waals surface area contributed by atoms with Crippen LogP contribution < -0.4 is 31.7 Å². The van der Waals surface area contributed by atoms with Crippen molar-refractivity contribution >= 4 is 11.8 Å². The van der Waals surface area contributed by atoms with Gasteiger partial charge in [0.15, 0.2) is 0 Å². The number of aromatic hydroxyl groups is 1. The third kappa shape index (κ3) is 18.1. The molecule has 2 aliphatic rings. The van der Waals surface area contributed by atoms with Crippen LogP contribution in [-0.4, -0.2) is 62.8 Å². The van der Waals surface area contributed by atoms with Crippen molar-refractivity contribution in [2.45, 2.75) is 79.2 Å². The Kier molecular flexibility index (Phi) is 20.8. The highest BCUT2D eigenvalue weighted by Crippen LogP contribution is 2.33. The Balaban J connectivity index is 0.000000653. The number of benzene rings is 2. The molecule has 45 heavy (non-hydrogen) atoms. The molecule has 0 radical (unpaired) electrons. The summed E-state index contributed by atoms with van der Waals surface area (Å²) in [5, 5.41) is 21.4. The number of allylic oxidation sites excluding steroid dienone is 1. The van der Waals surface area contributed by atoms with E-state index in [1.54, 1.807) is 12.1 Å². The number of aryl methyl sites for hydroxylation is 1. The van der Waals surface area contributed by atoms with Crippen LogP contribution in [0, 0.1) is 18.8 Å². The second-order valence-corrected chi connectivity index (χ2v) is 11.5. The van der Waals surface area contributed by atoms with E-state index in [0.29, 0.717) is 44.3 Å². The van der Waals surface area contributed by atoms with Gasteiger partial charge in [0.1, 0.15) is 24.1 Å². The standard InChI is InChI=1S/C25H38N4O3.C7H8O.C3H8.CH5N/c1-3-6-21-16-26-11-12-32-23-8-5-4-7-20(23)13-18(2)15-28-25(31)22(14-19-9-10-19)29-24(30)17-27-21;1-6-3-2-4-7(8)5-6;1-3-2;1-2/h4-8,18-19,22,26-27H,3,9-17H2,1-2H3,(H,28,31)(H,29,30);2-5,8H,1H3;3H2,1-2H3;2H2,1H3/b21-6+;;;. The Morgan fingerprint density at radius 3 is 2.33 bits per heavy atom. The first kappa shape index (κ1) is 39.5. The Morgan fingerprint density at radius 2 is 1.71 bits per heavy atom. The van der Waals surface area contributed by atoms with Gasteiger partial charge in [-0.05, 0) is 74.4 Å². The fourth-order valence-electron chi connectivity index (χ4n) is 4.55. The van der Waals surface area contributed by atoms with E-state index in [1.165, 1.54) is 13.5 Å². The molecule has 2 atom stereocenters. The topological polar surface area (TPSA) is 138 Å². The van der Waals surface area contributed by atoms with Crippen molar-refractivity contribution in [3.8, 4) is 11.5 Å². The molecular formula is C36H59N5O4. The maximum absolute atomic E-state index is 12.9. The van der Waals surface area contributed by atoms with Crippen LogP contribution in [0.5, 0.6) is 11.5 Å². The summed E-state index contributed by atoms with van der Waals surface area (Å²) in [6.07, 6.45) is 8.00. The number of carbonyl (C=O) groups is 2. The number of nitrogens with two attached hydrogens (primary N) is 1. The van der Waals surface area contributed by atoms with Gasteiger partial charge in [0.2, 0.25) is 11.8 Å². The second-order valence-electron chi connectivity index (χ2n) is 11.5. The number of hydrogen-bond donors (Lipinski definition) is 6. The van der Waals surface area contributed by atoms with Gasteiger partial charge in [0.05, 0.1) is 6.54 Å². The minimum absolute atomic E-state index is 0.0891. The van der Waals surface area contributed by atoms with Crippen molar-refractivity contribution in [1.82, 2.24) is 21.3 Å². The lowest BCUT2D eigenvalue weighted by molar-refractivity contribution is -0.128. The molecule has 2 aromatic rings. The summed E-state index contributed by atoms with van der Waals surface area (Å²) in [5.41, 5.74) is 7.71. The zero-order chi connectivity index (χ0) is 33.5. The van der Waals surface area contributed by atoms with E-state index in [1.807, 2.05) is 37.3 Å². The van der Waals surface area contributed by atoms with Gasteiger partial charge < -0.3 is 36.8 Å². The minimum atomic E-state index is -0.477. The average molecular weight is 626 g/mol. The molecule has 1 aliphatic heterocycles. The maximum atomic E-state index is 12.9. The molecule has 1 heterocycles. The van der Waals surface area contributed by atoms with Crippen molar-refractivity contribution < 1.29 is 19.4 Å². The fourth-order valence-corrected chi connectivity index (χ4v) is 4.55. The van der Waals surface area contributed by atoms with E-state index < -0.39 is 6.04 Å². The number of hydrogen-bond acceptors (Lipinski definition) is 7. The highest BCUT2D eigenvalue weighted by molar-refractivity contribution is 5.88. The third-order valence-corrected chi connectivity index (χ3v) is 6.86. The molecule has 4 rings (SSSR count). The largest absolute Gasteiger partial charge is 0.508 e. The summed E-state index contributed by atoms with van der Waals surface area (Å²) in [4.78, 5) is 25.4. The second kappa shape index (κ2) is 23.8. The van der Waals surface area contributed by atoms with Crippen LogP contribution in [0.1, 0.15) is 70.9 Å². The van der Waals surface area contributed by atoms with Gasteiger partial charge in [0, 0.05) is 25.3 Å². The van der Waals surface area contributed by atoms with Crippen LogP contribution in [0.4, 0.5) is 0 Å². The molecule has 1 aliphatic carbocycles. The predicted molar refractivity (Wildman–Crippen MR) is 185 cm³/mol. The molecule has 1 fully saturated rings. The number of phenolic OH excluding ortho intramolecular Hbond substituents is 1. The molecule has 2 aromatic carbocycles. The summed E-state index contributed by atoms with van der Waals surface area (Å²) in [5.74, 6) is 1.78. The van der Waals surface area contributed by atoms with Crippen LogP contribution >= 0.6 is 0 Å². The summed E-state index contributed by atoms with van der Waals surface area (Å²) in [7, 11) is 1.50. The highest BCUT2D eigenvalue weighted by atomic mass is 16.5. The molecule has 2 unspecified atom stereocenters. The van der Waals surface area contributed by atoms with Gasteiger partial charge in [-0.3, -0.25) is 9.59 Å². The lowest BCUT2D eigenvalue weighted by Gasteiger charge is -2.21. The summed E-state index contributed by atoms with van der Waals surface area (Å²) < 4.78 is 6.03. The van der Waals surface area contributed by atoms with E-state index in [4.69, 9.17) is 9.84 Å². The Hall–Kier alpha value is -3.56. The number of ether oxygens (including phenoxy) is 1. The number of carbonyl (C=O) groups excluding carboxylic acids is 2. The van der Waals surface area contributed by atoms with Gasteiger partial charge in [-0.15, -0.1) is 0 Å². The van der Waals surface area contributed by atoms with Gasteiger partial charge in [-0.25, -0.2) is 0 Å². The average Bonchev–Trinajstić information content (AvgIpc) is 3.84. The van der Waals surface area contributed by atoms with E-state index in [0.717, 1.165) is 48.3 Å². The monoisotopic (exact) mass is 625 g/mol. The van der Waals surface area contributed by atoms with Crippen LogP contribution in [0.2, 0.25) is 0 Å². The summed E-state index contributed by atoms with van der Waals surface area (Å²) >= 11 is 0. The van der Waals surface area contributed by atoms with Crippen LogP contribution in [0.25, 0.3) is 0 Å². The van der Waals surface area contributed by atoms with Gasteiger partial charge in [-0.2, -0.15) is 0 Å². The van der Waals surface area contributed by atoms with E-state index in [2.05, 4.69) is 66.8 Å². The summed E-state index contributed by atoms with van der Waals surface area (Å²) in [6, 6.07) is 14.8. The minimum Gasteiger partial charge on any atom is -0.508 e. The van der Waals surface area contributed by atoms with Crippen molar-refractivity contribution in [2.75, 3.05) is 39.8 Å². The van der Waals surface area contributed by atoms with Crippen LogP contribution in [0.3, 0.4) is 0 Å². The Bertz CT molecular complexity index is 1120.